The Morgan fingerprint density at radius 2 is 2.00 bits per heavy atom. The third-order valence-corrected chi connectivity index (χ3v) is 4.63. The minimum absolute atomic E-state index is 0.0542. The van der Waals surface area contributed by atoms with Gasteiger partial charge in [-0.1, -0.05) is 29.4 Å². The summed E-state index contributed by atoms with van der Waals surface area (Å²) in [5.74, 6) is -0.599. The Morgan fingerprint density at radius 3 is 2.71 bits per heavy atom. The number of carbonyl (C=O) groups excluding carboxylic acids is 2. The molecule has 6 nitrogen and oxygen atoms in total. The second-order valence-electron chi connectivity index (χ2n) is 6.58. The van der Waals surface area contributed by atoms with Gasteiger partial charge in [0.25, 0.3) is 5.91 Å². The van der Waals surface area contributed by atoms with Crippen LogP contribution >= 0.6 is 0 Å². The number of aromatic nitrogens is 1. The molecular weight excluding hydrogens is 361 g/mol. The lowest BCUT2D eigenvalue weighted by atomic mass is 10.1. The standard InChI is InChI=1S/C21H18FN3O3/c22-16-4-1-3-15(11-16)18-12-19(28-24-18)21(27)23-13-14-6-8-17(9-7-14)25-10-2-5-20(25)26/h1,3-4,6-9,11-12H,2,5,10,13H2,(H,23,27). The zero-order chi connectivity index (χ0) is 19.5. The molecule has 0 saturated carbocycles. The summed E-state index contributed by atoms with van der Waals surface area (Å²) in [6.07, 6.45) is 1.47. The van der Waals surface area contributed by atoms with Crippen molar-refractivity contribution in [2.45, 2.75) is 19.4 Å². The Morgan fingerprint density at radius 1 is 1.18 bits per heavy atom. The fourth-order valence-corrected chi connectivity index (χ4v) is 3.15. The van der Waals surface area contributed by atoms with Crippen molar-refractivity contribution in [2.75, 3.05) is 11.4 Å². The third-order valence-electron chi connectivity index (χ3n) is 4.63. The zero-order valence-electron chi connectivity index (χ0n) is 15.0. The SMILES string of the molecule is O=C(NCc1ccc(N2CCCC2=O)cc1)c1cc(-c2cccc(F)c2)no1. The van der Waals surface area contributed by atoms with E-state index >= 15 is 0 Å². The van der Waals surface area contributed by atoms with Crippen LogP contribution in [0.3, 0.4) is 0 Å². The van der Waals surface area contributed by atoms with Gasteiger partial charge in [0.15, 0.2) is 0 Å². The summed E-state index contributed by atoms with van der Waals surface area (Å²) in [6.45, 7) is 1.05. The quantitative estimate of drug-likeness (QED) is 0.736. The van der Waals surface area contributed by atoms with E-state index in [0.29, 0.717) is 24.2 Å². The fourth-order valence-electron chi connectivity index (χ4n) is 3.15. The number of halogens is 1. The predicted octanol–water partition coefficient (Wildman–Crippen LogP) is 3.54. The third kappa shape index (κ3) is 3.78. The van der Waals surface area contributed by atoms with E-state index < -0.39 is 5.91 Å². The number of amides is 2. The summed E-state index contributed by atoms with van der Waals surface area (Å²) in [5, 5.41) is 6.59. The molecule has 2 aromatic carbocycles. The highest BCUT2D eigenvalue weighted by Crippen LogP contribution is 2.22. The van der Waals surface area contributed by atoms with Crippen LogP contribution in [0, 0.1) is 5.82 Å². The summed E-state index contributed by atoms with van der Waals surface area (Å²) >= 11 is 0. The average Bonchev–Trinajstić information content (AvgIpc) is 3.36. The lowest BCUT2D eigenvalue weighted by Gasteiger charge is -2.15. The average molecular weight is 379 g/mol. The molecule has 1 fully saturated rings. The van der Waals surface area contributed by atoms with E-state index in [0.717, 1.165) is 24.2 Å². The fraction of sp³-hybridized carbons (Fsp3) is 0.190. The van der Waals surface area contributed by atoms with Crippen molar-refractivity contribution in [3.8, 4) is 11.3 Å². The largest absolute Gasteiger partial charge is 0.350 e. The molecule has 2 amide bonds. The topological polar surface area (TPSA) is 75.4 Å². The van der Waals surface area contributed by atoms with Crippen molar-refractivity contribution in [3.05, 3.63) is 71.7 Å². The Labute approximate surface area is 160 Å². The smallest absolute Gasteiger partial charge is 0.290 e. The van der Waals surface area contributed by atoms with Gasteiger partial charge in [0.1, 0.15) is 11.5 Å². The first kappa shape index (κ1) is 17.9. The van der Waals surface area contributed by atoms with Crippen LogP contribution in [0.4, 0.5) is 10.1 Å². The molecule has 0 spiro atoms. The Bertz CT molecular complexity index is 1010. The second kappa shape index (κ2) is 7.64. The first-order valence-corrected chi connectivity index (χ1v) is 9.00. The molecule has 0 aliphatic carbocycles. The van der Waals surface area contributed by atoms with E-state index in [9.17, 15) is 14.0 Å². The minimum atomic E-state index is -0.408. The van der Waals surface area contributed by atoms with E-state index in [4.69, 9.17) is 4.52 Å². The molecular formula is C21H18FN3O3. The lowest BCUT2D eigenvalue weighted by Crippen LogP contribution is -2.24. The molecule has 0 atom stereocenters. The maximum atomic E-state index is 13.3. The molecule has 0 unspecified atom stereocenters. The summed E-state index contributed by atoms with van der Waals surface area (Å²) < 4.78 is 18.4. The van der Waals surface area contributed by atoms with Gasteiger partial charge in [-0.05, 0) is 36.2 Å². The zero-order valence-corrected chi connectivity index (χ0v) is 15.0. The number of nitrogens with one attached hydrogen (secondary N) is 1. The molecule has 0 bridgehead atoms. The maximum Gasteiger partial charge on any atom is 0.290 e. The van der Waals surface area contributed by atoms with Crippen molar-refractivity contribution >= 4 is 17.5 Å². The Kier molecular flexibility index (Phi) is 4.89. The first-order valence-electron chi connectivity index (χ1n) is 9.00. The molecule has 1 N–H and O–H groups in total. The van der Waals surface area contributed by atoms with Gasteiger partial charge in [0.2, 0.25) is 11.7 Å². The van der Waals surface area contributed by atoms with Gasteiger partial charge < -0.3 is 14.7 Å². The molecule has 142 valence electrons. The number of anilines is 1. The van der Waals surface area contributed by atoms with Crippen LogP contribution in [0.5, 0.6) is 0 Å². The summed E-state index contributed by atoms with van der Waals surface area (Å²) in [6, 6.07) is 14.9. The molecule has 2 heterocycles. The molecule has 0 radical (unpaired) electrons. The van der Waals surface area contributed by atoms with Gasteiger partial charge in [0.05, 0.1) is 0 Å². The molecule has 3 aromatic rings. The van der Waals surface area contributed by atoms with Crippen LogP contribution < -0.4 is 10.2 Å². The van der Waals surface area contributed by atoms with Gasteiger partial charge in [-0.2, -0.15) is 0 Å². The van der Waals surface area contributed by atoms with Crippen LogP contribution in [0.25, 0.3) is 11.3 Å². The highest BCUT2D eigenvalue weighted by atomic mass is 19.1. The molecule has 1 aliphatic rings. The number of benzene rings is 2. The van der Waals surface area contributed by atoms with Crippen LogP contribution in [0.1, 0.15) is 29.0 Å². The number of nitrogens with zero attached hydrogens (tertiary/aromatic N) is 2. The highest BCUT2D eigenvalue weighted by molar-refractivity contribution is 5.95. The molecule has 4 rings (SSSR count). The van der Waals surface area contributed by atoms with Crippen LogP contribution in [0.15, 0.2) is 59.1 Å². The van der Waals surface area contributed by atoms with Gasteiger partial charge in [-0.15, -0.1) is 0 Å². The van der Waals surface area contributed by atoms with Crippen molar-refractivity contribution in [2.24, 2.45) is 0 Å². The van der Waals surface area contributed by atoms with Gasteiger partial charge in [0, 0.05) is 36.8 Å². The lowest BCUT2D eigenvalue weighted by molar-refractivity contribution is -0.117. The molecule has 1 aromatic heterocycles. The van der Waals surface area contributed by atoms with Gasteiger partial charge >= 0.3 is 0 Å². The van der Waals surface area contributed by atoms with E-state index in [2.05, 4.69) is 10.5 Å². The Balaban J connectivity index is 1.37. The van der Waals surface area contributed by atoms with Crippen LogP contribution in [-0.4, -0.2) is 23.5 Å². The molecule has 28 heavy (non-hydrogen) atoms. The van der Waals surface area contributed by atoms with Crippen molar-refractivity contribution in [1.29, 1.82) is 0 Å². The van der Waals surface area contributed by atoms with Crippen LogP contribution in [-0.2, 0) is 11.3 Å². The first-order chi connectivity index (χ1) is 13.6. The monoisotopic (exact) mass is 379 g/mol. The molecule has 7 heteroatoms. The van der Waals surface area contributed by atoms with E-state index in [1.165, 1.54) is 18.2 Å². The summed E-state index contributed by atoms with van der Waals surface area (Å²) in [7, 11) is 0. The summed E-state index contributed by atoms with van der Waals surface area (Å²) in [4.78, 5) is 25.8. The second-order valence-corrected chi connectivity index (χ2v) is 6.58. The highest BCUT2D eigenvalue weighted by Gasteiger charge is 2.21. The number of hydrogen-bond donors (Lipinski definition) is 1. The Hall–Kier alpha value is -3.48. The molecule has 1 aliphatic heterocycles. The van der Waals surface area contributed by atoms with Crippen molar-refractivity contribution < 1.29 is 18.5 Å². The van der Waals surface area contributed by atoms with Crippen molar-refractivity contribution in [1.82, 2.24) is 10.5 Å². The maximum absolute atomic E-state index is 13.3. The minimum Gasteiger partial charge on any atom is -0.350 e. The molecule has 1 saturated heterocycles. The van der Waals surface area contributed by atoms with E-state index in [1.807, 2.05) is 24.3 Å². The van der Waals surface area contributed by atoms with Crippen molar-refractivity contribution in [3.63, 3.8) is 0 Å². The summed E-state index contributed by atoms with van der Waals surface area (Å²) in [5.41, 5.74) is 2.69. The van der Waals surface area contributed by atoms with Gasteiger partial charge in [-0.3, -0.25) is 9.59 Å². The van der Waals surface area contributed by atoms with E-state index in [-0.39, 0.29) is 17.5 Å². The number of carbonyl (C=O) groups is 2. The number of hydrogen-bond acceptors (Lipinski definition) is 4. The number of rotatable bonds is 5. The van der Waals surface area contributed by atoms with E-state index in [1.54, 1.807) is 17.0 Å². The predicted molar refractivity (Wildman–Crippen MR) is 101 cm³/mol. The van der Waals surface area contributed by atoms with Crippen LogP contribution in [0.2, 0.25) is 0 Å². The van der Waals surface area contributed by atoms with Gasteiger partial charge in [-0.25, -0.2) is 4.39 Å². The normalized spacial score (nSPS) is 13.8.